The van der Waals surface area contributed by atoms with E-state index in [9.17, 15) is 19.2 Å². The van der Waals surface area contributed by atoms with E-state index >= 15 is 0 Å². The Morgan fingerprint density at radius 3 is 2.38 bits per heavy atom. The fraction of sp³-hybridized carbons (Fsp3) is 0.500. The molecule has 0 unspecified atom stereocenters. The molecule has 2 fully saturated rings. The number of ether oxygens (including phenoxy) is 1. The molecule has 2 aromatic rings. The van der Waals surface area contributed by atoms with Crippen LogP contribution in [-0.2, 0) is 20.8 Å². The van der Waals surface area contributed by atoms with Gasteiger partial charge in [-0.2, -0.15) is 0 Å². The van der Waals surface area contributed by atoms with Gasteiger partial charge >= 0.3 is 0 Å². The molecule has 2 heterocycles. The Bertz CT molecular complexity index is 1220. The van der Waals surface area contributed by atoms with Gasteiger partial charge in [0.05, 0.1) is 13.2 Å². The summed E-state index contributed by atoms with van der Waals surface area (Å²) < 4.78 is 5.20. The summed E-state index contributed by atoms with van der Waals surface area (Å²) in [7, 11) is 1.62. The molecule has 10 nitrogen and oxygen atoms in total. The van der Waals surface area contributed by atoms with Crippen LogP contribution in [0.15, 0.2) is 54.6 Å². The summed E-state index contributed by atoms with van der Waals surface area (Å²) in [6, 6.07) is 14.4. The Morgan fingerprint density at radius 1 is 0.976 bits per heavy atom. The average molecular weight is 578 g/mol. The van der Waals surface area contributed by atoms with E-state index in [1.165, 1.54) is 0 Å². The van der Waals surface area contributed by atoms with E-state index in [-0.39, 0.29) is 35.6 Å². The lowest BCUT2D eigenvalue weighted by molar-refractivity contribution is -0.143. The number of carbonyl (C=O) groups excluding carboxylic acids is 4. The van der Waals surface area contributed by atoms with Crippen LogP contribution in [0.1, 0.15) is 61.4 Å². The Kier molecular flexibility index (Phi) is 10.9. The molecule has 5 atom stereocenters. The fourth-order valence-corrected chi connectivity index (χ4v) is 5.93. The van der Waals surface area contributed by atoms with Crippen molar-refractivity contribution in [1.29, 1.82) is 0 Å². The number of benzene rings is 2. The van der Waals surface area contributed by atoms with Crippen LogP contribution in [0.5, 0.6) is 5.75 Å². The molecule has 10 heteroatoms. The van der Waals surface area contributed by atoms with E-state index in [4.69, 9.17) is 10.5 Å². The summed E-state index contributed by atoms with van der Waals surface area (Å²) in [6.07, 6.45) is 4.33. The topological polar surface area (TPSA) is 143 Å². The van der Waals surface area contributed by atoms with Crippen molar-refractivity contribution in [3.63, 3.8) is 0 Å². The van der Waals surface area contributed by atoms with Crippen LogP contribution in [0.25, 0.3) is 0 Å². The second kappa shape index (κ2) is 14.8. The van der Waals surface area contributed by atoms with Gasteiger partial charge in [-0.25, -0.2) is 0 Å². The second-order valence-corrected chi connectivity index (χ2v) is 11.1. The highest BCUT2D eigenvalue weighted by molar-refractivity contribution is 5.95. The van der Waals surface area contributed by atoms with Gasteiger partial charge in [0.1, 0.15) is 17.8 Å². The molecule has 0 aromatic heterocycles. The van der Waals surface area contributed by atoms with Crippen molar-refractivity contribution in [1.82, 2.24) is 20.9 Å². The number of nitrogens with one attached hydrogen (secondary N) is 3. The van der Waals surface area contributed by atoms with Crippen LogP contribution in [0.3, 0.4) is 0 Å². The van der Waals surface area contributed by atoms with Gasteiger partial charge < -0.3 is 31.3 Å². The highest BCUT2D eigenvalue weighted by atomic mass is 16.5. The first-order chi connectivity index (χ1) is 20.3. The van der Waals surface area contributed by atoms with Crippen LogP contribution >= 0.6 is 0 Å². The standard InChI is InChI=1S/C32H43N5O5/c1-3-26(33)30(39)36-28-22(18-20-34-29(38)23-7-5-4-6-8-23)11-12-24-13-16-27(37(24)32(28)41)31(40)35-19-17-21-9-14-25(42-2)15-10-21/h4-10,14-15,22,24,26-28H,3,11-13,16-20,33H2,1-2H3,(H,34,38)(H,35,40)(H,36,39)/t22-,24+,26+,27+,28+/m1/s1. The maximum atomic E-state index is 14.1. The largest absolute Gasteiger partial charge is 0.497 e. The molecular formula is C32H43N5O5. The third-order valence-electron chi connectivity index (χ3n) is 8.45. The van der Waals surface area contributed by atoms with Crippen LogP contribution in [0.4, 0.5) is 0 Å². The number of carbonyl (C=O) groups is 4. The first kappa shape index (κ1) is 31.0. The number of hydrogen-bond acceptors (Lipinski definition) is 6. The Labute approximate surface area is 247 Å². The molecular weight excluding hydrogens is 534 g/mol. The molecule has 5 N–H and O–H groups in total. The van der Waals surface area contributed by atoms with Crippen molar-refractivity contribution < 1.29 is 23.9 Å². The third kappa shape index (κ3) is 7.67. The molecule has 2 aliphatic rings. The van der Waals surface area contributed by atoms with Crippen LogP contribution in [0.2, 0.25) is 0 Å². The summed E-state index contributed by atoms with van der Waals surface area (Å²) >= 11 is 0. The highest BCUT2D eigenvalue weighted by Gasteiger charge is 2.47. The minimum atomic E-state index is -0.818. The van der Waals surface area contributed by atoms with E-state index < -0.39 is 18.1 Å². The van der Waals surface area contributed by atoms with Crippen molar-refractivity contribution in [2.24, 2.45) is 11.7 Å². The lowest BCUT2D eigenvalue weighted by Crippen LogP contribution is -2.58. The zero-order valence-corrected chi connectivity index (χ0v) is 24.5. The summed E-state index contributed by atoms with van der Waals surface area (Å²) in [5, 5.41) is 8.87. The lowest BCUT2D eigenvalue weighted by atomic mass is 9.90. The van der Waals surface area contributed by atoms with Crippen LogP contribution in [-0.4, -0.2) is 72.9 Å². The number of amides is 4. The minimum Gasteiger partial charge on any atom is -0.497 e. The van der Waals surface area contributed by atoms with Crippen molar-refractivity contribution in [2.45, 2.75) is 76.0 Å². The van der Waals surface area contributed by atoms with E-state index in [1.54, 1.807) is 36.3 Å². The van der Waals surface area contributed by atoms with Crippen LogP contribution in [0, 0.1) is 5.92 Å². The normalized spacial score (nSPS) is 22.5. The van der Waals surface area contributed by atoms with E-state index in [0.717, 1.165) is 24.2 Å². The van der Waals surface area contributed by atoms with Gasteiger partial charge in [-0.1, -0.05) is 37.3 Å². The molecule has 0 spiro atoms. The molecule has 2 saturated heterocycles. The Hall–Kier alpha value is -3.92. The first-order valence-electron chi connectivity index (χ1n) is 14.9. The molecule has 4 amide bonds. The molecule has 0 bridgehead atoms. The second-order valence-electron chi connectivity index (χ2n) is 11.1. The van der Waals surface area contributed by atoms with Crippen molar-refractivity contribution >= 4 is 23.6 Å². The predicted octanol–water partition coefficient (Wildman–Crippen LogP) is 2.17. The molecule has 0 aliphatic carbocycles. The van der Waals surface area contributed by atoms with Gasteiger partial charge in [-0.15, -0.1) is 0 Å². The first-order valence-corrected chi connectivity index (χ1v) is 14.9. The van der Waals surface area contributed by atoms with E-state index in [0.29, 0.717) is 50.8 Å². The maximum absolute atomic E-state index is 14.1. The minimum absolute atomic E-state index is 0.0713. The summed E-state index contributed by atoms with van der Waals surface area (Å²) in [5.41, 5.74) is 7.64. The number of nitrogens with zero attached hydrogens (tertiary/aromatic N) is 1. The Morgan fingerprint density at radius 2 is 1.69 bits per heavy atom. The van der Waals surface area contributed by atoms with Crippen LogP contribution < -0.4 is 26.4 Å². The smallest absolute Gasteiger partial charge is 0.251 e. The maximum Gasteiger partial charge on any atom is 0.251 e. The molecule has 0 saturated carbocycles. The monoisotopic (exact) mass is 577 g/mol. The predicted molar refractivity (Wildman–Crippen MR) is 160 cm³/mol. The van der Waals surface area contributed by atoms with Crippen molar-refractivity contribution in [2.75, 3.05) is 20.2 Å². The number of methoxy groups -OCH3 is 1. The van der Waals surface area contributed by atoms with Gasteiger partial charge in [0.25, 0.3) is 5.91 Å². The van der Waals surface area contributed by atoms with Crippen molar-refractivity contribution in [3.05, 3.63) is 65.7 Å². The summed E-state index contributed by atoms with van der Waals surface area (Å²) in [6.45, 7) is 2.62. The van der Waals surface area contributed by atoms with E-state index in [2.05, 4.69) is 16.0 Å². The lowest BCUT2D eigenvalue weighted by Gasteiger charge is -2.32. The number of rotatable bonds is 12. The van der Waals surface area contributed by atoms with Gasteiger partial charge in [0.2, 0.25) is 17.7 Å². The molecule has 0 radical (unpaired) electrons. The number of nitrogens with two attached hydrogens (primary N) is 1. The highest BCUT2D eigenvalue weighted by Crippen LogP contribution is 2.35. The third-order valence-corrected chi connectivity index (χ3v) is 8.45. The SMILES string of the molecule is CC[C@H](N)C(=O)N[C@@H]1C(=O)N2[C@@H](CC[C@@H]1CCNC(=O)c1ccccc1)CC[C@H]2C(=O)NCCc1ccc(OC)cc1. The summed E-state index contributed by atoms with van der Waals surface area (Å²) in [4.78, 5) is 54.5. The zero-order chi connectivity index (χ0) is 30.1. The molecule has 4 rings (SSSR count). The van der Waals surface area contributed by atoms with Gasteiger partial charge in [-0.05, 0) is 80.7 Å². The van der Waals surface area contributed by atoms with Gasteiger partial charge in [0.15, 0.2) is 0 Å². The molecule has 2 aromatic carbocycles. The molecule has 226 valence electrons. The quantitative estimate of drug-likeness (QED) is 0.305. The number of fused-ring (bicyclic) bond motifs is 1. The molecule has 42 heavy (non-hydrogen) atoms. The average Bonchev–Trinajstić information content (AvgIpc) is 3.40. The summed E-state index contributed by atoms with van der Waals surface area (Å²) in [5.74, 6) is -0.420. The Balaban J connectivity index is 1.41. The van der Waals surface area contributed by atoms with Gasteiger partial charge in [0, 0.05) is 24.7 Å². The number of hydrogen-bond donors (Lipinski definition) is 4. The van der Waals surface area contributed by atoms with Crippen molar-refractivity contribution in [3.8, 4) is 5.75 Å². The van der Waals surface area contributed by atoms with Gasteiger partial charge in [-0.3, -0.25) is 19.2 Å². The zero-order valence-electron chi connectivity index (χ0n) is 24.5. The fourth-order valence-electron chi connectivity index (χ4n) is 5.93. The molecule has 2 aliphatic heterocycles. The van der Waals surface area contributed by atoms with E-state index in [1.807, 2.05) is 37.3 Å².